The van der Waals surface area contributed by atoms with E-state index in [1.807, 2.05) is 37.6 Å². The summed E-state index contributed by atoms with van der Waals surface area (Å²) in [5.41, 5.74) is 17.5. The van der Waals surface area contributed by atoms with Gasteiger partial charge in [0.05, 0.1) is 12.8 Å². The Kier molecular flexibility index (Phi) is 13.6. The van der Waals surface area contributed by atoms with Gasteiger partial charge in [-0.25, -0.2) is 0 Å². The third kappa shape index (κ3) is 10.1. The van der Waals surface area contributed by atoms with Gasteiger partial charge in [0.25, 0.3) is 0 Å². The van der Waals surface area contributed by atoms with E-state index in [0.717, 1.165) is 89.4 Å². The van der Waals surface area contributed by atoms with E-state index in [4.69, 9.17) is 4.74 Å². The van der Waals surface area contributed by atoms with Crippen molar-refractivity contribution in [2.75, 3.05) is 12.0 Å². The van der Waals surface area contributed by atoms with Crippen LogP contribution in [0, 0.1) is 6.92 Å². The average Bonchev–Trinajstić information content (AvgIpc) is 3.42. The van der Waals surface area contributed by atoms with Crippen LogP contribution in [0.2, 0.25) is 0 Å². The fraction of sp³-hybridized carbons (Fsp3) is 0.0303. The van der Waals surface area contributed by atoms with Crippen LogP contribution in [0.5, 0.6) is 5.75 Å². The third-order valence-corrected chi connectivity index (χ3v) is 12.5. The molecule has 70 heavy (non-hydrogen) atoms. The molecule has 0 aliphatic heterocycles. The second-order valence-corrected chi connectivity index (χ2v) is 17.0. The molecule has 8 aromatic carbocycles. The fourth-order valence-electron chi connectivity index (χ4n) is 9.10. The lowest BCUT2D eigenvalue weighted by molar-refractivity contribution is 0.415. The molecule has 0 spiro atoms. The zero-order valence-corrected chi connectivity index (χ0v) is 39.2. The Morgan fingerprint density at radius 1 is 0.486 bits per heavy atom. The third-order valence-electron chi connectivity index (χ3n) is 12.5. The maximum Gasteiger partial charge on any atom is 0.119 e. The first-order valence-electron chi connectivity index (χ1n) is 23.6. The second-order valence-electron chi connectivity index (χ2n) is 17.0. The standard InChI is InChI=1S/C66H51N3O/c1-48-45-56(41-44-68-48)61-27-16-28-63-64(61)46-50(31-38-62(53-39-42-67-43-40-53)66(54-22-11-5-12-23-54)55-24-13-6-14-25-55)47-65(63)69(58-34-36-59(70-2)37-35-58)57-32-29-49(30-33-57)17-15-26-60(51-18-7-3-8-19-51)52-20-9-4-10-21-52/h3-47H,1-2H3/b17-15+,38-31+. The first kappa shape index (κ1) is 44.7. The zero-order valence-electron chi connectivity index (χ0n) is 39.2. The summed E-state index contributed by atoms with van der Waals surface area (Å²) in [5.74, 6) is 0.794. The summed E-state index contributed by atoms with van der Waals surface area (Å²) >= 11 is 0. The van der Waals surface area contributed by atoms with Crippen LogP contribution in [0.1, 0.15) is 44.6 Å². The van der Waals surface area contributed by atoms with E-state index in [9.17, 15) is 0 Å². The maximum absolute atomic E-state index is 5.67. The summed E-state index contributed by atoms with van der Waals surface area (Å²) in [6, 6.07) is 79.2. The van der Waals surface area contributed by atoms with Gasteiger partial charge in [-0.2, -0.15) is 0 Å². The fourth-order valence-corrected chi connectivity index (χ4v) is 9.10. The lowest BCUT2D eigenvalue weighted by atomic mass is 9.89. The summed E-state index contributed by atoms with van der Waals surface area (Å²) < 4.78 is 5.67. The normalized spacial score (nSPS) is 11.2. The summed E-state index contributed by atoms with van der Waals surface area (Å²) in [5, 5.41) is 2.24. The highest BCUT2D eigenvalue weighted by Crippen LogP contribution is 2.43. The van der Waals surface area contributed by atoms with Crippen molar-refractivity contribution < 1.29 is 4.74 Å². The van der Waals surface area contributed by atoms with E-state index in [1.54, 1.807) is 7.11 Å². The SMILES string of the molecule is COc1ccc(N(c2ccc(/C=C/C=C(c3ccccc3)c3ccccc3)cc2)c2cc(/C=C/C(=C(c3ccccc3)c3ccccc3)c3ccncc3)cc3c(-c4ccnc(C)c4)cccc23)cc1. The molecule has 0 aliphatic carbocycles. The highest BCUT2D eigenvalue weighted by molar-refractivity contribution is 6.08. The van der Waals surface area contributed by atoms with Crippen LogP contribution in [0.25, 0.3) is 50.8 Å². The Balaban J connectivity index is 1.14. The number of aromatic nitrogens is 2. The molecular weight excluding hydrogens is 851 g/mol. The Morgan fingerprint density at radius 2 is 1.07 bits per heavy atom. The monoisotopic (exact) mass is 901 g/mol. The van der Waals surface area contributed by atoms with Gasteiger partial charge >= 0.3 is 0 Å². The number of ether oxygens (including phenoxy) is 1. The maximum atomic E-state index is 5.67. The van der Waals surface area contributed by atoms with E-state index in [0.29, 0.717) is 0 Å². The minimum atomic E-state index is 0.794. The highest BCUT2D eigenvalue weighted by atomic mass is 16.5. The number of pyridine rings is 2. The molecule has 0 saturated heterocycles. The van der Waals surface area contributed by atoms with Crippen molar-refractivity contribution in [3.05, 3.63) is 306 Å². The molecule has 10 aromatic rings. The quantitative estimate of drug-likeness (QED) is 0.102. The molecule has 2 aromatic heterocycles. The molecule has 336 valence electrons. The van der Waals surface area contributed by atoms with Crippen LogP contribution in [-0.2, 0) is 0 Å². The van der Waals surface area contributed by atoms with Crippen LogP contribution >= 0.6 is 0 Å². The molecule has 0 amide bonds. The first-order chi connectivity index (χ1) is 34.6. The second kappa shape index (κ2) is 21.2. The molecule has 10 rings (SSSR count). The number of methoxy groups -OCH3 is 1. The van der Waals surface area contributed by atoms with Gasteiger partial charge in [0.15, 0.2) is 0 Å². The van der Waals surface area contributed by atoms with Crippen molar-refractivity contribution >= 4 is 56.7 Å². The number of nitrogens with zero attached hydrogens (tertiary/aromatic N) is 3. The zero-order chi connectivity index (χ0) is 47.5. The predicted molar refractivity (Wildman–Crippen MR) is 294 cm³/mol. The van der Waals surface area contributed by atoms with Gasteiger partial charge in [0.2, 0.25) is 0 Å². The Hall–Kier alpha value is -9.12. The van der Waals surface area contributed by atoms with Crippen LogP contribution in [0.3, 0.4) is 0 Å². The number of aryl methyl sites for hydroxylation is 1. The van der Waals surface area contributed by atoms with Crippen molar-refractivity contribution in [2.24, 2.45) is 0 Å². The van der Waals surface area contributed by atoms with Crippen molar-refractivity contribution in [1.29, 1.82) is 0 Å². The minimum Gasteiger partial charge on any atom is -0.497 e. The van der Waals surface area contributed by atoms with Crippen LogP contribution < -0.4 is 9.64 Å². The number of hydrogen-bond acceptors (Lipinski definition) is 4. The predicted octanol–water partition coefficient (Wildman–Crippen LogP) is 16.9. The molecule has 0 atom stereocenters. The molecule has 0 fully saturated rings. The molecule has 0 aliphatic rings. The molecule has 0 saturated carbocycles. The molecule has 0 N–H and O–H groups in total. The van der Waals surface area contributed by atoms with Gasteiger partial charge in [-0.05, 0) is 152 Å². The van der Waals surface area contributed by atoms with E-state index in [2.05, 4.69) is 258 Å². The molecule has 0 unspecified atom stereocenters. The van der Waals surface area contributed by atoms with Gasteiger partial charge in [-0.15, -0.1) is 0 Å². The van der Waals surface area contributed by atoms with Crippen LogP contribution in [0.4, 0.5) is 17.1 Å². The molecule has 4 heteroatoms. The number of fused-ring (bicyclic) bond motifs is 1. The van der Waals surface area contributed by atoms with E-state index < -0.39 is 0 Å². The van der Waals surface area contributed by atoms with Crippen LogP contribution in [-0.4, -0.2) is 17.1 Å². The summed E-state index contributed by atoms with van der Waals surface area (Å²) in [7, 11) is 1.71. The van der Waals surface area contributed by atoms with Gasteiger partial charge < -0.3 is 9.64 Å². The largest absolute Gasteiger partial charge is 0.497 e. The smallest absolute Gasteiger partial charge is 0.119 e. The van der Waals surface area contributed by atoms with Gasteiger partial charge in [-0.1, -0.05) is 182 Å². The number of rotatable bonds is 14. The van der Waals surface area contributed by atoms with Gasteiger partial charge in [0, 0.05) is 41.0 Å². The molecule has 0 bridgehead atoms. The van der Waals surface area contributed by atoms with Crippen molar-refractivity contribution in [1.82, 2.24) is 9.97 Å². The number of allylic oxidation sites excluding steroid dienone is 4. The molecular formula is C66H51N3O. The van der Waals surface area contributed by atoms with E-state index >= 15 is 0 Å². The summed E-state index contributed by atoms with van der Waals surface area (Å²) in [6.07, 6.45) is 16.7. The Labute approximate surface area is 411 Å². The van der Waals surface area contributed by atoms with E-state index in [-0.39, 0.29) is 0 Å². The van der Waals surface area contributed by atoms with Crippen LogP contribution in [0.15, 0.2) is 261 Å². The van der Waals surface area contributed by atoms with Gasteiger partial charge in [-0.3, -0.25) is 9.97 Å². The lowest BCUT2D eigenvalue weighted by Gasteiger charge is -2.28. The Morgan fingerprint density at radius 3 is 1.66 bits per heavy atom. The van der Waals surface area contributed by atoms with Crippen molar-refractivity contribution in [2.45, 2.75) is 6.92 Å². The first-order valence-corrected chi connectivity index (χ1v) is 23.6. The summed E-state index contributed by atoms with van der Waals surface area (Å²) in [4.78, 5) is 11.3. The molecule has 2 heterocycles. The lowest BCUT2D eigenvalue weighted by Crippen LogP contribution is -2.11. The molecule has 4 nitrogen and oxygen atoms in total. The summed E-state index contributed by atoms with van der Waals surface area (Å²) in [6.45, 7) is 2.05. The topological polar surface area (TPSA) is 38.2 Å². The number of anilines is 3. The van der Waals surface area contributed by atoms with E-state index in [1.165, 1.54) is 16.7 Å². The highest BCUT2D eigenvalue weighted by Gasteiger charge is 2.19. The molecule has 0 radical (unpaired) electrons. The minimum absolute atomic E-state index is 0.794. The Bertz CT molecular complexity index is 3390. The van der Waals surface area contributed by atoms with Gasteiger partial charge in [0.1, 0.15) is 5.75 Å². The number of benzene rings is 8. The van der Waals surface area contributed by atoms with Crippen molar-refractivity contribution in [3.63, 3.8) is 0 Å². The number of hydrogen-bond donors (Lipinski definition) is 0. The van der Waals surface area contributed by atoms with Crippen molar-refractivity contribution in [3.8, 4) is 16.9 Å². The average molecular weight is 902 g/mol.